The van der Waals surface area contributed by atoms with Gasteiger partial charge in [-0.15, -0.1) is 0 Å². The lowest BCUT2D eigenvalue weighted by molar-refractivity contribution is -0.152. The molecule has 0 aliphatic heterocycles. The highest BCUT2D eigenvalue weighted by molar-refractivity contribution is 5.71. The monoisotopic (exact) mass is 194 g/mol. The van der Waals surface area contributed by atoms with E-state index in [2.05, 4.69) is 9.97 Å². The van der Waals surface area contributed by atoms with E-state index in [1.165, 1.54) is 6.33 Å². The number of hydrogen-bond acceptors (Lipinski definition) is 4. The molecule has 1 aromatic heterocycles. The number of carbonyl (C=O) groups excluding carboxylic acids is 1. The maximum Gasteiger partial charge on any atom is 0.309 e. The number of rotatable bonds is 3. The smallest absolute Gasteiger partial charge is 0.309 e. The molecular formula is C10H14N2O2. The maximum absolute atomic E-state index is 11.3. The van der Waals surface area contributed by atoms with Crippen LogP contribution in [0.4, 0.5) is 0 Å². The molecule has 0 radical (unpaired) electrons. The van der Waals surface area contributed by atoms with Crippen LogP contribution in [0, 0.1) is 5.92 Å². The van der Waals surface area contributed by atoms with Crippen molar-refractivity contribution in [2.75, 3.05) is 0 Å². The summed E-state index contributed by atoms with van der Waals surface area (Å²) in [5.74, 6) is -0.324. The fourth-order valence-electron chi connectivity index (χ4n) is 0.912. The molecule has 0 aliphatic carbocycles. The largest absolute Gasteiger partial charge is 0.456 e. The number of esters is 1. The van der Waals surface area contributed by atoms with Crippen molar-refractivity contribution in [3.05, 3.63) is 24.3 Å². The Kier molecular flexibility index (Phi) is 3.56. The van der Waals surface area contributed by atoms with Crippen LogP contribution in [0.3, 0.4) is 0 Å². The van der Waals surface area contributed by atoms with Crippen molar-refractivity contribution in [2.24, 2.45) is 5.92 Å². The van der Waals surface area contributed by atoms with Crippen molar-refractivity contribution in [2.45, 2.75) is 26.9 Å². The summed E-state index contributed by atoms with van der Waals surface area (Å²) in [5, 5.41) is 0. The predicted octanol–water partition coefficient (Wildman–Crippen LogP) is 1.74. The van der Waals surface area contributed by atoms with Crippen LogP contribution in [-0.2, 0) is 9.53 Å². The topological polar surface area (TPSA) is 52.1 Å². The van der Waals surface area contributed by atoms with Gasteiger partial charge < -0.3 is 4.74 Å². The Hall–Kier alpha value is -1.45. The van der Waals surface area contributed by atoms with E-state index in [0.29, 0.717) is 5.69 Å². The third-order valence-corrected chi connectivity index (χ3v) is 1.79. The van der Waals surface area contributed by atoms with E-state index in [-0.39, 0.29) is 18.0 Å². The summed E-state index contributed by atoms with van der Waals surface area (Å²) in [4.78, 5) is 19.1. The van der Waals surface area contributed by atoms with Gasteiger partial charge in [0.15, 0.2) is 0 Å². The first-order valence-electron chi connectivity index (χ1n) is 4.57. The quantitative estimate of drug-likeness (QED) is 0.688. The summed E-state index contributed by atoms with van der Waals surface area (Å²) in [6.07, 6.45) is 2.75. The van der Waals surface area contributed by atoms with Crippen molar-refractivity contribution in [1.82, 2.24) is 9.97 Å². The average Bonchev–Trinajstić information content (AvgIpc) is 2.19. The SMILES string of the molecule is CC(C)C(=O)OC(C)c1ccncn1. The lowest BCUT2D eigenvalue weighted by Gasteiger charge is -2.13. The molecular weight excluding hydrogens is 180 g/mol. The van der Waals surface area contributed by atoms with E-state index in [4.69, 9.17) is 4.74 Å². The first kappa shape index (κ1) is 10.6. The molecule has 1 atom stereocenters. The Balaban J connectivity index is 2.59. The van der Waals surface area contributed by atoms with E-state index in [9.17, 15) is 4.79 Å². The minimum absolute atomic E-state index is 0.112. The molecule has 1 unspecified atom stereocenters. The summed E-state index contributed by atoms with van der Waals surface area (Å²) in [5.41, 5.74) is 0.717. The molecule has 76 valence electrons. The van der Waals surface area contributed by atoms with Gasteiger partial charge >= 0.3 is 5.97 Å². The molecule has 4 nitrogen and oxygen atoms in total. The summed E-state index contributed by atoms with van der Waals surface area (Å²) in [7, 11) is 0. The zero-order valence-corrected chi connectivity index (χ0v) is 8.60. The van der Waals surface area contributed by atoms with Gasteiger partial charge in [-0.2, -0.15) is 0 Å². The molecule has 0 spiro atoms. The second-order valence-electron chi connectivity index (χ2n) is 3.37. The first-order chi connectivity index (χ1) is 6.61. The van der Waals surface area contributed by atoms with Gasteiger partial charge in [-0.05, 0) is 13.0 Å². The fourth-order valence-corrected chi connectivity index (χ4v) is 0.912. The van der Waals surface area contributed by atoms with Crippen LogP contribution in [0.25, 0.3) is 0 Å². The van der Waals surface area contributed by atoms with Gasteiger partial charge in [-0.25, -0.2) is 9.97 Å². The predicted molar refractivity (Wildman–Crippen MR) is 51.4 cm³/mol. The number of nitrogens with zero attached hydrogens (tertiary/aromatic N) is 2. The van der Waals surface area contributed by atoms with Crippen LogP contribution in [0.2, 0.25) is 0 Å². The Morgan fingerprint density at radius 1 is 1.43 bits per heavy atom. The van der Waals surface area contributed by atoms with Crippen LogP contribution >= 0.6 is 0 Å². The highest BCUT2D eigenvalue weighted by Gasteiger charge is 2.14. The first-order valence-corrected chi connectivity index (χ1v) is 4.57. The minimum Gasteiger partial charge on any atom is -0.456 e. The molecule has 1 aromatic rings. The molecule has 1 heterocycles. The van der Waals surface area contributed by atoms with Crippen LogP contribution in [0.1, 0.15) is 32.6 Å². The highest BCUT2D eigenvalue weighted by atomic mass is 16.5. The lowest BCUT2D eigenvalue weighted by atomic mass is 10.2. The van der Waals surface area contributed by atoms with Gasteiger partial charge in [-0.1, -0.05) is 13.8 Å². The van der Waals surface area contributed by atoms with Crippen molar-refractivity contribution < 1.29 is 9.53 Å². The Morgan fingerprint density at radius 2 is 2.14 bits per heavy atom. The summed E-state index contributed by atoms with van der Waals surface area (Å²) >= 11 is 0. The Bertz CT molecular complexity index is 298. The van der Waals surface area contributed by atoms with E-state index in [1.54, 1.807) is 33.0 Å². The highest BCUT2D eigenvalue weighted by Crippen LogP contribution is 2.14. The molecule has 0 N–H and O–H groups in total. The lowest BCUT2D eigenvalue weighted by Crippen LogP contribution is -2.15. The number of aromatic nitrogens is 2. The standard InChI is InChI=1S/C10H14N2O2/c1-7(2)10(13)14-8(3)9-4-5-11-6-12-9/h4-8H,1-3H3. The minimum atomic E-state index is -0.312. The Labute approximate surface area is 83.3 Å². The summed E-state index contributed by atoms with van der Waals surface area (Å²) in [6.45, 7) is 5.40. The van der Waals surface area contributed by atoms with Crippen LogP contribution in [0.5, 0.6) is 0 Å². The van der Waals surface area contributed by atoms with Crippen LogP contribution < -0.4 is 0 Å². The molecule has 0 saturated carbocycles. The molecule has 0 fully saturated rings. The summed E-state index contributed by atoms with van der Waals surface area (Å²) in [6, 6.07) is 1.73. The molecule has 1 rings (SSSR count). The molecule has 4 heteroatoms. The fraction of sp³-hybridized carbons (Fsp3) is 0.500. The molecule has 0 saturated heterocycles. The van der Waals surface area contributed by atoms with E-state index in [0.717, 1.165) is 0 Å². The van der Waals surface area contributed by atoms with Crippen molar-refractivity contribution >= 4 is 5.97 Å². The van der Waals surface area contributed by atoms with Crippen molar-refractivity contribution in [3.63, 3.8) is 0 Å². The third kappa shape index (κ3) is 2.80. The average molecular weight is 194 g/mol. The normalized spacial score (nSPS) is 12.6. The van der Waals surface area contributed by atoms with Gasteiger partial charge in [0.1, 0.15) is 12.4 Å². The van der Waals surface area contributed by atoms with Crippen molar-refractivity contribution in [3.8, 4) is 0 Å². The van der Waals surface area contributed by atoms with Gasteiger partial charge in [0.25, 0.3) is 0 Å². The van der Waals surface area contributed by atoms with Crippen molar-refractivity contribution in [1.29, 1.82) is 0 Å². The van der Waals surface area contributed by atoms with Gasteiger partial charge in [-0.3, -0.25) is 4.79 Å². The second-order valence-corrected chi connectivity index (χ2v) is 3.37. The second kappa shape index (κ2) is 4.69. The third-order valence-electron chi connectivity index (χ3n) is 1.79. The van der Waals surface area contributed by atoms with Crippen LogP contribution in [-0.4, -0.2) is 15.9 Å². The van der Waals surface area contributed by atoms with Gasteiger partial charge in [0.05, 0.1) is 11.6 Å². The number of carbonyl (C=O) groups is 1. The zero-order chi connectivity index (χ0) is 10.6. The van der Waals surface area contributed by atoms with Gasteiger partial charge in [0.2, 0.25) is 0 Å². The molecule has 0 aliphatic rings. The zero-order valence-electron chi connectivity index (χ0n) is 8.60. The van der Waals surface area contributed by atoms with E-state index < -0.39 is 0 Å². The molecule has 0 aromatic carbocycles. The Morgan fingerprint density at radius 3 is 2.64 bits per heavy atom. The maximum atomic E-state index is 11.3. The molecule has 0 bridgehead atoms. The summed E-state index contributed by atoms with van der Waals surface area (Å²) < 4.78 is 5.17. The van der Waals surface area contributed by atoms with Gasteiger partial charge in [0, 0.05) is 6.20 Å². The van der Waals surface area contributed by atoms with E-state index >= 15 is 0 Å². The number of hydrogen-bond donors (Lipinski definition) is 0. The molecule has 0 amide bonds. The molecule has 14 heavy (non-hydrogen) atoms. The number of ether oxygens (including phenoxy) is 1. The van der Waals surface area contributed by atoms with E-state index in [1.807, 2.05) is 0 Å². The van der Waals surface area contributed by atoms with Crippen LogP contribution in [0.15, 0.2) is 18.6 Å².